The van der Waals surface area contributed by atoms with Crippen molar-refractivity contribution in [2.75, 3.05) is 23.9 Å². The van der Waals surface area contributed by atoms with Crippen molar-refractivity contribution in [2.24, 2.45) is 0 Å². The number of carbonyl (C=O) groups is 1. The van der Waals surface area contributed by atoms with E-state index < -0.39 is 0 Å². The number of rotatable bonds is 7. The first-order chi connectivity index (χ1) is 9.81. The van der Waals surface area contributed by atoms with Crippen LogP contribution in [-0.2, 0) is 11.2 Å². The lowest BCUT2D eigenvalue weighted by Crippen LogP contribution is -2.40. The van der Waals surface area contributed by atoms with E-state index in [9.17, 15) is 4.79 Å². The van der Waals surface area contributed by atoms with E-state index in [1.54, 1.807) is 0 Å². The lowest BCUT2D eigenvalue weighted by atomic mass is 10.1. The number of benzene rings is 1. The van der Waals surface area contributed by atoms with Gasteiger partial charge in [0.15, 0.2) is 0 Å². The Hall–Kier alpha value is -1.00. The maximum absolute atomic E-state index is 12.2. The zero-order valence-corrected chi connectivity index (χ0v) is 13.0. The molecule has 0 bridgehead atoms. The summed E-state index contributed by atoms with van der Waals surface area (Å²) in [5, 5.41) is 6.43. The van der Waals surface area contributed by atoms with Crippen LogP contribution in [0, 0.1) is 0 Å². The van der Waals surface area contributed by atoms with Crippen molar-refractivity contribution in [3.63, 3.8) is 0 Å². The number of anilines is 1. The highest BCUT2D eigenvalue weighted by Gasteiger charge is 2.22. The van der Waals surface area contributed by atoms with Gasteiger partial charge in [-0.3, -0.25) is 4.79 Å². The van der Waals surface area contributed by atoms with Gasteiger partial charge < -0.3 is 10.6 Å². The number of nitrogens with one attached hydrogen (secondary N) is 2. The predicted molar refractivity (Wildman–Crippen MR) is 87.4 cm³/mol. The van der Waals surface area contributed by atoms with E-state index in [2.05, 4.69) is 23.0 Å². The van der Waals surface area contributed by atoms with Crippen molar-refractivity contribution in [1.82, 2.24) is 5.32 Å². The average molecular weight is 292 g/mol. The lowest BCUT2D eigenvalue weighted by Gasteiger charge is -2.15. The van der Waals surface area contributed by atoms with Gasteiger partial charge in [0.05, 0.1) is 6.04 Å². The van der Waals surface area contributed by atoms with Gasteiger partial charge in [-0.25, -0.2) is 0 Å². The van der Waals surface area contributed by atoms with Gasteiger partial charge in [0.25, 0.3) is 0 Å². The smallest absolute Gasteiger partial charge is 0.241 e. The van der Waals surface area contributed by atoms with E-state index in [0.29, 0.717) is 0 Å². The van der Waals surface area contributed by atoms with Gasteiger partial charge in [0.1, 0.15) is 0 Å². The summed E-state index contributed by atoms with van der Waals surface area (Å²) in [6, 6.07) is 8.03. The fourth-order valence-electron chi connectivity index (χ4n) is 2.53. The molecule has 0 saturated carbocycles. The van der Waals surface area contributed by atoms with Crippen molar-refractivity contribution in [1.29, 1.82) is 0 Å². The molecule has 2 rings (SSSR count). The maximum atomic E-state index is 12.2. The second-order valence-corrected chi connectivity index (χ2v) is 6.23. The minimum Gasteiger partial charge on any atom is -0.324 e. The van der Waals surface area contributed by atoms with Crippen LogP contribution in [0.4, 0.5) is 5.69 Å². The van der Waals surface area contributed by atoms with Gasteiger partial charge in [-0.05, 0) is 55.9 Å². The highest BCUT2D eigenvalue weighted by Crippen LogP contribution is 2.21. The number of hydrogen-bond acceptors (Lipinski definition) is 3. The average Bonchev–Trinajstić information content (AvgIpc) is 2.62. The molecule has 0 aliphatic carbocycles. The van der Waals surface area contributed by atoms with Gasteiger partial charge in [-0.15, -0.1) is 0 Å². The molecule has 2 N–H and O–H groups in total. The van der Waals surface area contributed by atoms with Crippen molar-refractivity contribution in [3.8, 4) is 0 Å². The van der Waals surface area contributed by atoms with Crippen molar-refractivity contribution < 1.29 is 4.79 Å². The minimum absolute atomic E-state index is 0.0528. The van der Waals surface area contributed by atoms with E-state index >= 15 is 0 Å². The van der Waals surface area contributed by atoms with Crippen LogP contribution in [0.1, 0.15) is 31.2 Å². The molecule has 3 nitrogen and oxygen atoms in total. The molecule has 0 spiro atoms. The summed E-state index contributed by atoms with van der Waals surface area (Å²) in [4.78, 5) is 12.2. The Bertz CT molecular complexity index is 436. The number of amides is 1. The molecule has 1 aliphatic rings. The van der Waals surface area contributed by atoms with Gasteiger partial charge in [0, 0.05) is 5.69 Å². The third kappa shape index (κ3) is 4.53. The summed E-state index contributed by atoms with van der Waals surface area (Å²) in [5.41, 5.74) is 2.21. The predicted octanol–water partition coefficient (Wildman–Crippen LogP) is 3.06. The molecule has 4 heteroatoms. The van der Waals surface area contributed by atoms with Gasteiger partial charge in [-0.1, -0.05) is 24.6 Å². The van der Waals surface area contributed by atoms with Crippen molar-refractivity contribution in [3.05, 3.63) is 29.8 Å². The van der Waals surface area contributed by atoms with Crippen LogP contribution in [0.5, 0.6) is 0 Å². The number of carbonyl (C=O) groups excluding carboxylic acids is 1. The third-order valence-corrected chi connectivity index (χ3v) is 4.41. The molecule has 1 aromatic rings. The molecule has 1 aromatic carbocycles. The van der Waals surface area contributed by atoms with Gasteiger partial charge in [0.2, 0.25) is 5.91 Å². The highest BCUT2D eigenvalue weighted by atomic mass is 32.2. The highest BCUT2D eigenvalue weighted by molar-refractivity contribution is 7.98. The standard InChI is InChI=1S/C16H24N2OS/c1-20-12-6-2-5-11-17-15-10-9-13-7-3-4-8-14(13)18-16(15)19/h3-4,7-8,15,17H,2,5-6,9-12H2,1H3,(H,18,19). The van der Waals surface area contributed by atoms with E-state index in [-0.39, 0.29) is 11.9 Å². The summed E-state index contributed by atoms with van der Waals surface area (Å²) in [5.74, 6) is 1.35. The van der Waals surface area contributed by atoms with Gasteiger partial charge >= 0.3 is 0 Å². The van der Waals surface area contributed by atoms with Crippen LogP contribution in [0.15, 0.2) is 24.3 Å². The Morgan fingerprint density at radius 1 is 1.30 bits per heavy atom. The number of para-hydroxylation sites is 1. The molecule has 110 valence electrons. The van der Waals surface area contributed by atoms with Crippen LogP contribution in [0.25, 0.3) is 0 Å². The molecule has 0 saturated heterocycles. The van der Waals surface area contributed by atoms with Crippen LogP contribution < -0.4 is 10.6 Å². The summed E-state index contributed by atoms with van der Waals surface area (Å²) < 4.78 is 0. The summed E-state index contributed by atoms with van der Waals surface area (Å²) in [6.45, 7) is 0.933. The lowest BCUT2D eigenvalue weighted by molar-refractivity contribution is -0.118. The van der Waals surface area contributed by atoms with E-state index in [1.807, 2.05) is 30.0 Å². The molecule has 1 amide bonds. The molecular weight excluding hydrogens is 268 g/mol. The van der Waals surface area contributed by atoms with Crippen LogP contribution in [0.2, 0.25) is 0 Å². The number of hydrogen-bond donors (Lipinski definition) is 2. The fourth-order valence-corrected chi connectivity index (χ4v) is 3.02. The maximum Gasteiger partial charge on any atom is 0.241 e. The first-order valence-corrected chi connectivity index (χ1v) is 8.81. The molecule has 1 unspecified atom stereocenters. The Labute approximate surface area is 125 Å². The van der Waals surface area contributed by atoms with E-state index in [1.165, 1.54) is 24.2 Å². The zero-order valence-electron chi connectivity index (χ0n) is 12.2. The molecule has 0 aromatic heterocycles. The Morgan fingerprint density at radius 3 is 3.00 bits per heavy atom. The van der Waals surface area contributed by atoms with Crippen molar-refractivity contribution >= 4 is 23.4 Å². The molecular formula is C16H24N2OS. The first-order valence-electron chi connectivity index (χ1n) is 7.42. The molecule has 1 aliphatic heterocycles. The van der Waals surface area contributed by atoms with Crippen LogP contribution in [-0.4, -0.2) is 30.5 Å². The third-order valence-electron chi connectivity index (χ3n) is 3.71. The quantitative estimate of drug-likeness (QED) is 0.759. The van der Waals surface area contributed by atoms with Gasteiger partial charge in [-0.2, -0.15) is 11.8 Å². The number of thioether (sulfide) groups is 1. The van der Waals surface area contributed by atoms with Crippen LogP contribution >= 0.6 is 11.8 Å². The van der Waals surface area contributed by atoms with Crippen LogP contribution in [0.3, 0.4) is 0 Å². The SMILES string of the molecule is CSCCCCCNC1CCc2ccccc2NC1=O. The van der Waals surface area contributed by atoms with E-state index in [0.717, 1.165) is 31.5 Å². The molecule has 1 heterocycles. The molecule has 0 radical (unpaired) electrons. The number of fused-ring (bicyclic) bond motifs is 1. The zero-order chi connectivity index (χ0) is 14.2. The Balaban J connectivity index is 1.76. The summed E-state index contributed by atoms with van der Waals surface area (Å²) in [6.07, 6.45) is 7.64. The second kappa shape index (κ2) is 8.32. The normalized spacial score (nSPS) is 18.2. The largest absolute Gasteiger partial charge is 0.324 e. The molecule has 0 fully saturated rings. The van der Waals surface area contributed by atoms with Crippen molar-refractivity contribution in [2.45, 2.75) is 38.1 Å². The fraction of sp³-hybridized carbons (Fsp3) is 0.562. The first kappa shape index (κ1) is 15.4. The topological polar surface area (TPSA) is 41.1 Å². The molecule has 20 heavy (non-hydrogen) atoms. The minimum atomic E-state index is -0.0528. The van der Waals surface area contributed by atoms with E-state index in [4.69, 9.17) is 0 Å². The summed E-state index contributed by atoms with van der Waals surface area (Å²) >= 11 is 1.90. The second-order valence-electron chi connectivity index (χ2n) is 5.25. The Morgan fingerprint density at radius 2 is 2.15 bits per heavy atom. The molecule has 1 atom stereocenters. The Kier molecular flexibility index (Phi) is 6.40. The number of unbranched alkanes of at least 4 members (excludes halogenated alkanes) is 2. The monoisotopic (exact) mass is 292 g/mol. The summed E-state index contributed by atoms with van der Waals surface area (Å²) in [7, 11) is 0. The number of aryl methyl sites for hydroxylation is 1.